The van der Waals surface area contributed by atoms with E-state index in [1.165, 1.54) is 5.56 Å². The highest BCUT2D eigenvalue weighted by atomic mass is 16.5. The van der Waals surface area contributed by atoms with Crippen molar-refractivity contribution >= 4 is 11.8 Å². The predicted molar refractivity (Wildman–Crippen MR) is 143 cm³/mol. The quantitative estimate of drug-likeness (QED) is 0.660. The Morgan fingerprint density at radius 1 is 0.889 bits per heavy atom. The average Bonchev–Trinajstić information content (AvgIpc) is 2.90. The number of hydrogen-bond donors (Lipinski definition) is 2. The predicted octanol–water partition coefficient (Wildman–Crippen LogP) is 4.51. The van der Waals surface area contributed by atoms with Crippen LogP contribution in [0, 0.1) is 12.3 Å². The third kappa shape index (κ3) is 6.88. The van der Waals surface area contributed by atoms with Crippen LogP contribution in [0.15, 0.2) is 48.5 Å². The molecule has 2 aliphatic rings. The smallest absolute Gasteiger partial charge is 0.255 e. The highest BCUT2D eigenvalue weighted by Gasteiger charge is 2.40. The highest BCUT2D eigenvalue weighted by molar-refractivity contribution is 5.97. The molecule has 2 heterocycles. The van der Waals surface area contributed by atoms with Gasteiger partial charge in [-0.2, -0.15) is 0 Å². The van der Waals surface area contributed by atoms with Crippen LogP contribution in [-0.2, 0) is 11.2 Å². The third-order valence-electron chi connectivity index (χ3n) is 7.75. The van der Waals surface area contributed by atoms with Crippen LogP contribution in [0.1, 0.15) is 66.4 Å². The van der Waals surface area contributed by atoms with Crippen molar-refractivity contribution in [2.24, 2.45) is 5.41 Å². The van der Waals surface area contributed by atoms with Crippen LogP contribution in [0.5, 0.6) is 5.75 Å². The summed E-state index contributed by atoms with van der Waals surface area (Å²) in [4.78, 5) is 28.7. The number of amides is 2. The molecule has 0 aliphatic carbocycles. The minimum Gasteiger partial charge on any atom is -0.492 e. The van der Waals surface area contributed by atoms with Crippen LogP contribution in [-0.4, -0.2) is 56.0 Å². The van der Waals surface area contributed by atoms with Crippen molar-refractivity contribution in [3.8, 4) is 5.75 Å². The second kappa shape index (κ2) is 12.9. The van der Waals surface area contributed by atoms with Gasteiger partial charge in [0, 0.05) is 13.1 Å². The maximum atomic E-state index is 13.4. The summed E-state index contributed by atoms with van der Waals surface area (Å²) in [5.74, 6) is 0.755. The molecule has 6 nitrogen and oxygen atoms in total. The second-order valence-corrected chi connectivity index (χ2v) is 10.3. The zero-order chi connectivity index (χ0) is 25.2. The van der Waals surface area contributed by atoms with E-state index in [4.69, 9.17) is 4.74 Å². The van der Waals surface area contributed by atoms with Crippen molar-refractivity contribution < 1.29 is 14.3 Å². The molecule has 4 rings (SSSR count). The molecule has 1 spiro atoms. The van der Waals surface area contributed by atoms with Crippen molar-refractivity contribution in [2.75, 3.05) is 39.3 Å². The number of nitrogens with one attached hydrogen (secondary N) is 2. The van der Waals surface area contributed by atoms with Crippen molar-refractivity contribution in [1.29, 1.82) is 0 Å². The fourth-order valence-corrected chi connectivity index (χ4v) is 5.49. The standard InChI is InChI=1S/C30H41N3O3/c1-24-10-7-14-26-27(24)36-23-9-19-32-29(35)30(15-5-6-18-31-28(26)34)16-21-33(22-17-30)20-8-13-25-11-3-2-4-12-25/h2-4,7,10-12,14H,5-6,8-9,13,15-23H2,1H3,(H,31,34)(H,32,35). The van der Waals surface area contributed by atoms with E-state index < -0.39 is 0 Å². The number of para-hydroxylation sites is 1. The minimum absolute atomic E-state index is 0.0868. The first-order chi connectivity index (χ1) is 17.6. The van der Waals surface area contributed by atoms with Crippen LogP contribution in [0.4, 0.5) is 0 Å². The van der Waals surface area contributed by atoms with Crippen LogP contribution in [0.25, 0.3) is 0 Å². The van der Waals surface area contributed by atoms with Gasteiger partial charge < -0.3 is 20.3 Å². The summed E-state index contributed by atoms with van der Waals surface area (Å²) in [7, 11) is 0. The van der Waals surface area contributed by atoms with Crippen molar-refractivity contribution in [2.45, 2.75) is 58.3 Å². The molecule has 2 amide bonds. The molecule has 6 heteroatoms. The fourth-order valence-electron chi connectivity index (χ4n) is 5.49. The third-order valence-corrected chi connectivity index (χ3v) is 7.75. The van der Waals surface area contributed by atoms with E-state index in [9.17, 15) is 9.59 Å². The van der Waals surface area contributed by atoms with E-state index in [-0.39, 0.29) is 17.2 Å². The molecule has 1 fully saturated rings. The Morgan fingerprint density at radius 3 is 2.47 bits per heavy atom. The molecule has 36 heavy (non-hydrogen) atoms. The summed E-state index contributed by atoms with van der Waals surface area (Å²) in [5, 5.41) is 6.27. The van der Waals surface area contributed by atoms with Gasteiger partial charge in [0.2, 0.25) is 5.91 Å². The van der Waals surface area contributed by atoms with Gasteiger partial charge in [0.25, 0.3) is 5.91 Å². The molecule has 0 radical (unpaired) electrons. The Hall–Kier alpha value is -2.86. The number of nitrogens with zero attached hydrogens (tertiary/aromatic N) is 1. The Labute approximate surface area is 215 Å². The van der Waals surface area contributed by atoms with Crippen molar-refractivity contribution in [3.63, 3.8) is 0 Å². The topological polar surface area (TPSA) is 70.7 Å². The Bertz CT molecular complexity index is 1000. The molecule has 1 saturated heterocycles. The number of carbonyl (C=O) groups excluding carboxylic acids is 2. The number of aryl methyl sites for hydroxylation is 2. The van der Waals surface area contributed by atoms with Crippen molar-refractivity contribution in [1.82, 2.24) is 15.5 Å². The number of rotatable bonds is 4. The van der Waals surface area contributed by atoms with Crippen LogP contribution < -0.4 is 15.4 Å². The molecule has 2 aromatic carbocycles. The van der Waals surface area contributed by atoms with Crippen molar-refractivity contribution in [3.05, 3.63) is 65.2 Å². The molecule has 2 aliphatic heterocycles. The maximum absolute atomic E-state index is 13.4. The number of fused-ring (bicyclic) bond motifs is 1. The van der Waals surface area contributed by atoms with Gasteiger partial charge in [-0.3, -0.25) is 9.59 Å². The summed E-state index contributed by atoms with van der Waals surface area (Å²) < 4.78 is 6.00. The number of ether oxygens (including phenoxy) is 1. The molecule has 0 saturated carbocycles. The lowest BCUT2D eigenvalue weighted by Gasteiger charge is -2.41. The number of hydrogen-bond acceptors (Lipinski definition) is 4. The molecular formula is C30H41N3O3. The second-order valence-electron chi connectivity index (χ2n) is 10.3. The Kier molecular flexibility index (Phi) is 9.40. The molecular weight excluding hydrogens is 450 g/mol. The largest absolute Gasteiger partial charge is 0.492 e. The van der Waals surface area contributed by atoms with E-state index in [0.29, 0.717) is 37.4 Å². The summed E-state index contributed by atoms with van der Waals surface area (Å²) in [6.45, 7) is 6.64. The summed E-state index contributed by atoms with van der Waals surface area (Å²) >= 11 is 0. The summed E-state index contributed by atoms with van der Waals surface area (Å²) in [6.07, 6.45) is 7.42. The highest BCUT2D eigenvalue weighted by Crippen LogP contribution is 2.37. The molecule has 0 aromatic heterocycles. The van der Waals surface area contributed by atoms with E-state index in [0.717, 1.165) is 70.1 Å². The van der Waals surface area contributed by atoms with E-state index in [1.54, 1.807) is 0 Å². The lowest BCUT2D eigenvalue weighted by Crippen LogP contribution is -2.49. The average molecular weight is 492 g/mol. The number of piperidine rings is 1. The van der Waals surface area contributed by atoms with Crippen LogP contribution in [0.2, 0.25) is 0 Å². The SMILES string of the molecule is Cc1cccc2c1OCCCNC(=O)C1(CCCCNC2=O)CCN(CCCc2ccccc2)CC1. The molecule has 0 unspecified atom stereocenters. The molecule has 2 aromatic rings. The van der Waals surface area contributed by atoms with Gasteiger partial charge >= 0.3 is 0 Å². The minimum atomic E-state index is -0.305. The van der Waals surface area contributed by atoms with E-state index in [1.807, 2.05) is 25.1 Å². The van der Waals surface area contributed by atoms with Crippen LogP contribution in [0.3, 0.4) is 0 Å². The lowest BCUT2D eigenvalue weighted by molar-refractivity contribution is -0.134. The summed E-state index contributed by atoms with van der Waals surface area (Å²) in [6, 6.07) is 16.3. The number of likely N-dealkylation sites (tertiary alicyclic amines) is 1. The molecule has 2 N–H and O–H groups in total. The fraction of sp³-hybridized carbons (Fsp3) is 0.533. The zero-order valence-corrected chi connectivity index (χ0v) is 21.7. The first kappa shape index (κ1) is 26.2. The normalized spacial score (nSPS) is 19.8. The maximum Gasteiger partial charge on any atom is 0.255 e. The number of benzene rings is 2. The van der Waals surface area contributed by atoms with Gasteiger partial charge in [0.1, 0.15) is 5.75 Å². The van der Waals surface area contributed by atoms with Crippen LogP contribution >= 0.6 is 0 Å². The summed E-state index contributed by atoms with van der Waals surface area (Å²) in [5.41, 5.74) is 2.62. The monoisotopic (exact) mass is 491 g/mol. The molecule has 194 valence electrons. The van der Waals surface area contributed by atoms with E-state index in [2.05, 4.69) is 45.9 Å². The molecule has 0 bridgehead atoms. The van der Waals surface area contributed by atoms with Gasteiger partial charge in [-0.15, -0.1) is 0 Å². The zero-order valence-electron chi connectivity index (χ0n) is 21.7. The first-order valence-electron chi connectivity index (χ1n) is 13.6. The lowest BCUT2D eigenvalue weighted by atomic mass is 9.73. The van der Waals surface area contributed by atoms with E-state index >= 15 is 0 Å². The van der Waals surface area contributed by atoms with Gasteiger partial charge in [-0.25, -0.2) is 0 Å². The van der Waals surface area contributed by atoms with Gasteiger partial charge in [-0.05, 0) is 88.7 Å². The van der Waals surface area contributed by atoms with Gasteiger partial charge in [-0.1, -0.05) is 48.9 Å². The number of carbonyl (C=O) groups is 2. The first-order valence-corrected chi connectivity index (χ1v) is 13.6. The van der Waals surface area contributed by atoms with Gasteiger partial charge in [0.05, 0.1) is 17.6 Å². The Balaban J connectivity index is 1.32. The Morgan fingerprint density at radius 2 is 1.67 bits per heavy atom. The van der Waals surface area contributed by atoms with Gasteiger partial charge in [0.15, 0.2) is 0 Å². The molecule has 0 atom stereocenters.